The molecule has 4 rings (SSSR count). The average molecular weight is 408 g/mol. The summed E-state index contributed by atoms with van der Waals surface area (Å²) in [7, 11) is 4.06. The predicted octanol–water partition coefficient (Wildman–Crippen LogP) is 4.66. The number of likely N-dealkylation sites (tertiary alicyclic amines) is 1. The Morgan fingerprint density at radius 3 is 2.57 bits per heavy atom. The summed E-state index contributed by atoms with van der Waals surface area (Å²) in [5.74, 6) is 1.60. The average Bonchev–Trinajstić information content (AvgIpc) is 3.13. The van der Waals surface area contributed by atoms with Crippen molar-refractivity contribution in [1.82, 2.24) is 19.4 Å². The molecule has 1 fully saturated rings. The van der Waals surface area contributed by atoms with Crippen molar-refractivity contribution >= 4 is 28.4 Å². The van der Waals surface area contributed by atoms with E-state index in [0.29, 0.717) is 12.3 Å². The zero-order valence-electron chi connectivity index (χ0n) is 19.0. The molecule has 0 N–H and O–H groups in total. The molecule has 3 heterocycles. The summed E-state index contributed by atoms with van der Waals surface area (Å²) >= 11 is 0. The number of imidazole rings is 1. The molecular weight excluding hydrogens is 374 g/mol. The Morgan fingerprint density at radius 1 is 1.17 bits per heavy atom. The van der Waals surface area contributed by atoms with Gasteiger partial charge in [-0.25, -0.2) is 9.97 Å². The van der Waals surface area contributed by atoms with Crippen molar-refractivity contribution in [3.8, 4) is 0 Å². The maximum atomic E-state index is 11.8. The van der Waals surface area contributed by atoms with E-state index in [0.717, 1.165) is 36.4 Å². The molecule has 0 spiro atoms. The van der Waals surface area contributed by atoms with Crippen LogP contribution in [0.4, 0.5) is 11.5 Å². The summed E-state index contributed by atoms with van der Waals surface area (Å²) < 4.78 is 2.01. The number of carbonyl (C=O) groups is 1. The van der Waals surface area contributed by atoms with Crippen LogP contribution < -0.4 is 4.90 Å². The molecule has 2 aromatic heterocycles. The fraction of sp³-hybridized carbons (Fsp3) is 0.458. The van der Waals surface area contributed by atoms with Gasteiger partial charge in [-0.2, -0.15) is 0 Å². The first-order valence-corrected chi connectivity index (χ1v) is 10.9. The number of nitrogens with zero attached hydrogens (tertiary/aromatic N) is 5. The smallest absolute Gasteiger partial charge is 0.222 e. The maximum Gasteiger partial charge on any atom is 0.222 e. The molecule has 0 aliphatic carbocycles. The first kappa shape index (κ1) is 21.8. The van der Waals surface area contributed by atoms with Crippen LogP contribution in [0.25, 0.3) is 11.0 Å². The molecule has 0 bridgehead atoms. The molecule has 1 aromatic carbocycles. The van der Waals surface area contributed by atoms with Crippen LogP contribution in [0.3, 0.4) is 0 Å². The third-order valence-corrected chi connectivity index (χ3v) is 5.79. The molecule has 30 heavy (non-hydrogen) atoms. The highest BCUT2D eigenvalue weighted by atomic mass is 16.2. The van der Waals surface area contributed by atoms with Gasteiger partial charge in [-0.05, 0) is 23.6 Å². The summed E-state index contributed by atoms with van der Waals surface area (Å²) in [6.07, 6.45) is 5.18. The molecule has 1 aliphatic rings. The number of aromatic nitrogens is 3. The maximum absolute atomic E-state index is 11.8. The van der Waals surface area contributed by atoms with Crippen LogP contribution in [0.1, 0.15) is 51.2 Å². The zero-order valence-corrected chi connectivity index (χ0v) is 19.0. The lowest BCUT2D eigenvalue weighted by Crippen LogP contribution is -2.48. The third kappa shape index (κ3) is 4.04. The minimum atomic E-state index is 0.250. The summed E-state index contributed by atoms with van der Waals surface area (Å²) in [5.41, 5.74) is 5.76. The van der Waals surface area contributed by atoms with Crippen molar-refractivity contribution in [1.29, 1.82) is 0 Å². The molecule has 0 atom stereocenters. The molecule has 6 heteroatoms. The van der Waals surface area contributed by atoms with Crippen molar-refractivity contribution in [3.05, 3.63) is 47.9 Å². The van der Waals surface area contributed by atoms with Crippen LogP contribution in [0.2, 0.25) is 0 Å². The Kier molecular flexibility index (Phi) is 6.75. The first-order valence-electron chi connectivity index (χ1n) is 10.9. The van der Waals surface area contributed by atoms with Crippen molar-refractivity contribution in [3.63, 3.8) is 0 Å². The lowest BCUT2D eigenvalue weighted by molar-refractivity contribution is -0.135. The number of hydrogen-bond acceptors (Lipinski definition) is 4. The largest absolute Gasteiger partial charge is 0.341 e. The van der Waals surface area contributed by atoms with Gasteiger partial charge in [-0.15, -0.1) is 0 Å². The number of carbonyl (C=O) groups excluding carboxylic acids is 1. The molecule has 160 valence electrons. The van der Waals surface area contributed by atoms with Crippen molar-refractivity contribution in [2.45, 2.75) is 46.5 Å². The van der Waals surface area contributed by atoms with Gasteiger partial charge in [0.25, 0.3) is 0 Å². The van der Waals surface area contributed by atoms with E-state index in [4.69, 9.17) is 0 Å². The summed E-state index contributed by atoms with van der Waals surface area (Å²) in [6.45, 7) is 9.78. The Balaban J connectivity index is 0.00000124. The van der Waals surface area contributed by atoms with Gasteiger partial charge < -0.3 is 14.4 Å². The summed E-state index contributed by atoms with van der Waals surface area (Å²) in [6, 6.07) is 8.77. The zero-order chi connectivity index (χ0) is 21.8. The van der Waals surface area contributed by atoms with E-state index in [-0.39, 0.29) is 5.91 Å². The SMILES string of the molecule is CC.CCC(=O)N1CC(c2ccc(N(C)c3cc4c(cn3)ncn4C)c(CC)c2)C1. The number of amides is 1. The standard InChI is InChI=1S/C22H27N5O.C2H6/c1-5-15-9-16(17-12-27(13-17)22(28)6-2)7-8-19(15)26(4)21-10-20-18(11-23-21)24-14-25(20)3;1-2/h7-11,14,17H,5-6,12-13H2,1-4H3;1-2H3. The highest BCUT2D eigenvalue weighted by Crippen LogP contribution is 2.33. The van der Waals surface area contributed by atoms with E-state index in [2.05, 4.69) is 53.1 Å². The lowest BCUT2D eigenvalue weighted by Gasteiger charge is -2.40. The van der Waals surface area contributed by atoms with E-state index in [1.807, 2.05) is 49.8 Å². The molecular formula is C24H33N5O. The van der Waals surface area contributed by atoms with Gasteiger partial charge in [-0.3, -0.25) is 4.79 Å². The lowest BCUT2D eigenvalue weighted by atomic mass is 9.89. The molecule has 0 radical (unpaired) electrons. The number of fused-ring (bicyclic) bond motifs is 1. The van der Waals surface area contributed by atoms with Crippen LogP contribution in [0.15, 0.2) is 36.8 Å². The van der Waals surface area contributed by atoms with Gasteiger partial charge in [0.2, 0.25) is 5.91 Å². The molecule has 0 saturated carbocycles. The monoisotopic (exact) mass is 407 g/mol. The van der Waals surface area contributed by atoms with E-state index in [1.54, 1.807) is 0 Å². The van der Waals surface area contributed by atoms with Gasteiger partial charge in [0.05, 0.1) is 18.0 Å². The molecule has 1 aliphatic heterocycles. The summed E-state index contributed by atoms with van der Waals surface area (Å²) in [4.78, 5) is 24.8. The Bertz CT molecular complexity index is 1020. The minimum Gasteiger partial charge on any atom is -0.341 e. The number of anilines is 2. The number of aryl methyl sites for hydroxylation is 2. The van der Waals surface area contributed by atoms with E-state index in [1.165, 1.54) is 16.8 Å². The van der Waals surface area contributed by atoms with Crippen LogP contribution in [-0.4, -0.2) is 45.5 Å². The van der Waals surface area contributed by atoms with E-state index >= 15 is 0 Å². The van der Waals surface area contributed by atoms with Crippen LogP contribution in [0, 0.1) is 0 Å². The fourth-order valence-corrected chi connectivity index (χ4v) is 3.91. The van der Waals surface area contributed by atoms with E-state index in [9.17, 15) is 4.79 Å². The van der Waals surface area contributed by atoms with Crippen LogP contribution >= 0.6 is 0 Å². The number of rotatable bonds is 5. The van der Waals surface area contributed by atoms with Gasteiger partial charge in [0, 0.05) is 51.3 Å². The fourth-order valence-electron chi connectivity index (χ4n) is 3.91. The molecule has 3 aromatic rings. The topological polar surface area (TPSA) is 54.3 Å². The van der Waals surface area contributed by atoms with Gasteiger partial charge in [-0.1, -0.05) is 39.8 Å². The second kappa shape index (κ2) is 9.28. The second-order valence-corrected chi connectivity index (χ2v) is 7.54. The Hall–Kier alpha value is -2.89. The predicted molar refractivity (Wildman–Crippen MR) is 123 cm³/mol. The number of pyridine rings is 1. The molecule has 0 unspecified atom stereocenters. The quantitative estimate of drug-likeness (QED) is 0.617. The van der Waals surface area contributed by atoms with Crippen molar-refractivity contribution in [2.75, 3.05) is 25.0 Å². The molecule has 1 amide bonds. The Labute approximate surface area is 179 Å². The van der Waals surface area contributed by atoms with Crippen LogP contribution in [-0.2, 0) is 18.3 Å². The summed E-state index contributed by atoms with van der Waals surface area (Å²) in [5, 5.41) is 0. The van der Waals surface area contributed by atoms with Gasteiger partial charge in [0.15, 0.2) is 0 Å². The highest BCUT2D eigenvalue weighted by molar-refractivity contribution is 5.79. The van der Waals surface area contributed by atoms with Crippen molar-refractivity contribution < 1.29 is 4.79 Å². The Morgan fingerprint density at radius 2 is 1.90 bits per heavy atom. The van der Waals surface area contributed by atoms with Gasteiger partial charge in [0.1, 0.15) is 11.3 Å². The second-order valence-electron chi connectivity index (χ2n) is 7.54. The highest BCUT2D eigenvalue weighted by Gasteiger charge is 2.31. The molecule has 1 saturated heterocycles. The minimum absolute atomic E-state index is 0.250. The first-order chi connectivity index (χ1) is 14.5. The van der Waals surface area contributed by atoms with Gasteiger partial charge >= 0.3 is 0 Å². The van der Waals surface area contributed by atoms with Crippen molar-refractivity contribution in [2.24, 2.45) is 7.05 Å². The normalized spacial score (nSPS) is 13.6. The van der Waals surface area contributed by atoms with Crippen LogP contribution in [0.5, 0.6) is 0 Å². The van der Waals surface area contributed by atoms with E-state index < -0.39 is 0 Å². The molecule has 6 nitrogen and oxygen atoms in total. The number of benzene rings is 1. The third-order valence-electron chi connectivity index (χ3n) is 5.79. The number of hydrogen-bond donors (Lipinski definition) is 0.